The lowest BCUT2D eigenvalue weighted by Crippen LogP contribution is -2.15. The summed E-state index contributed by atoms with van der Waals surface area (Å²) in [6.45, 7) is 1.07. The average Bonchev–Trinajstić information content (AvgIpc) is 3.01. The Kier molecular flexibility index (Phi) is 4.57. The monoisotopic (exact) mass is 333 g/mol. The third-order valence-corrected chi connectivity index (χ3v) is 4.28. The lowest BCUT2D eigenvalue weighted by molar-refractivity contribution is -0.138. The second-order valence-corrected chi connectivity index (χ2v) is 5.97. The summed E-state index contributed by atoms with van der Waals surface area (Å²) in [4.78, 5) is 26.6. The van der Waals surface area contributed by atoms with Gasteiger partial charge in [-0.25, -0.2) is 4.98 Å². The third-order valence-electron chi connectivity index (χ3n) is 3.34. The van der Waals surface area contributed by atoms with Gasteiger partial charge in [-0.05, 0) is 18.2 Å². The summed E-state index contributed by atoms with van der Waals surface area (Å²) in [5, 5.41) is 11.2. The second-order valence-electron chi connectivity index (χ2n) is 5.11. The highest BCUT2D eigenvalue weighted by Crippen LogP contribution is 2.35. The second kappa shape index (κ2) is 6.78. The molecule has 0 saturated carbocycles. The van der Waals surface area contributed by atoms with Crippen molar-refractivity contribution in [2.45, 2.75) is 19.3 Å². The van der Waals surface area contributed by atoms with Crippen LogP contribution in [0.4, 0.5) is 0 Å². The SMILES string of the molecule is O=C(O)CCC(=O)Cc1csc(-c2ccc3c(c2)OCCO3)n1. The van der Waals surface area contributed by atoms with Crippen molar-refractivity contribution in [3.8, 4) is 22.1 Å². The minimum atomic E-state index is -0.964. The van der Waals surface area contributed by atoms with Crippen molar-refractivity contribution in [1.82, 2.24) is 4.98 Å². The lowest BCUT2D eigenvalue weighted by atomic mass is 10.1. The molecular formula is C16H15NO5S. The van der Waals surface area contributed by atoms with Crippen molar-refractivity contribution < 1.29 is 24.2 Å². The van der Waals surface area contributed by atoms with Crippen molar-refractivity contribution in [1.29, 1.82) is 0 Å². The molecule has 0 saturated heterocycles. The van der Waals surface area contributed by atoms with Gasteiger partial charge in [-0.15, -0.1) is 11.3 Å². The zero-order valence-electron chi connectivity index (χ0n) is 12.3. The summed E-state index contributed by atoms with van der Waals surface area (Å²) in [7, 11) is 0. The van der Waals surface area contributed by atoms with E-state index in [4.69, 9.17) is 14.6 Å². The first-order chi connectivity index (χ1) is 11.1. The molecule has 7 heteroatoms. The summed E-state index contributed by atoms with van der Waals surface area (Å²) in [5.74, 6) is 0.337. The predicted octanol–water partition coefficient (Wildman–Crippen LogP) is 2.56. The fourth-order valence-corrected chi connectivity index (χ4v) is 3.05. The number of benzene rings is 1. The molecule has 0 spiro atoms. The number of hydrogen-bond acceptors (Lipinski definition) is 6. The fraction of sp³-hybridized carbons (Fsp3) is 0.312. The van der Waals surface area contributed by atoms with Crippen molar-refractivity contribution in [2.75, 3.05) is 13.2 Å². The van der Waals surface area contributed by atoms with Gasteiger partial charge < -0.3 is 14.6 Å². The van der Waals surface area contributed by atoms with Gasteiger partial charge in [-0.1, -0.05) is 0 Å². The van der Waals surface area contributed by atoms with E-state index in [0.29, 0.717) is 24.7 Å². The number of aromatic nitrogens is 1. The highest BCUT2D eigenvalue weighted by Gasteiger charge is 2.15. The fourth-order valence-electron chi connectivity index (χ4n) is 2.23. The Morgan fingerprint density at radius 1 is 1.17 bits per heavy atom. The highest BCUT2D eigenvalue weighted by molar-refractivity contribution is 7.13. The molecule has 1 aromatic carbocycles. The Bertz CT molecular complexity index is 740. The lowest BCUT2D eigenvalue weighted by Gasteiger charge is -2.18. The van der Waals surface area contributed by atoms with Crippen LogP contribution < -0.4 is 9.47 Å². The molecule has 0 atom stereocenters. The van der Waals surface area contributed by atoms with E-state index in [1.807, 2.05) is 23.6 Å². The number of carbonyl (C=O) groups is 2. The molecule has 2 aromatic rings. The van der Waals surface area contributed by atoms with Crippen LogP contribution in [0, 0.1) is 0 Å². The van der Waals surface area contributed by atoms with E-state index in [-0.39, 0.29) is 25.0 Å². The zero-order chi connectivity index (χ0) is 16.2. The average molecular weight is 333 g/mol. The number of aliphatic carboxylic acids is 1. The number of ketones is 1. The summed E-state index contributed by atoms with van der Waals surface area (Å²) in [6.07, 6.45) is 0.0541. The Morgan fingerprint density at radius 2 is 1.96 bits per heavy atom. The van der Waals surface area contributed by atoms with Crippen LogP contribution in [-0.2, 0) is 16.0 Å². The molecule has 0 aliphatic carbocycles. The highest BCUT2D eigenvalue weighted by atomic mass is 32.1. The number of hydrogen-bond donors (Lipinski definition) is 1. The normalized spacial score (nSPS) is 12.9. The number of ether oxygens (including phenoxy) is 2. The van der Waals surface area contributed by atoms with Crippen LogP contribution in [0.3, 0.4) is 0 Å². The molecule has 3 rings (SSSR count). The van der Waals surface area contributed by atoms with Crippen molar-refractivity contribution in [3.05, 3.63) is 29.3 Å². The largest absolute Gasteiger partial charge is 0.486 e. The molecule has 0 radical (unpaired) electrons. The Hall–Kier alpha value is -2.41. The molecule has 1 aromatic heterocycles. The number of carboxylic acids is 1. The standard InChI is InChI=1S/C16H15NO5S/c18-12(2-4-15(19)20)8-11-9-23-16(17-11)10-1-3-13-14(7-10)22-6-5-21-13/h1,3,7,9H,2,4-6,8H2,(H,19,20). The smallest absolute Gasteiger partial charge is 0.303 e. The predicted molar refractivity (Wildman–Crippen MR) is 84.1 cm³/mol. The van der Waals surface area contributed by atoms with Crippen LogP contribution >= 0.6 is 11.3 Å². The number of nitrogens with zero attached hydrogens (tertiary/aromatic N) is 1. The van der Waals surface area contributed by atoms with Gasteiger partial charge in [0.1, 0.15) is 24.0 Å². The first-order valence-electron chi connectivity index (χ1n) is 7.20. The maximum absolute atomic E-state index is 11.7. The van der Waals surface area contributed by atoms with Crippen LogP contribution in [0.5, 0.6) is 11.5 Å². The summed E-state index contributed by atoms with van der Waals surface area (Å²) >= 11 is 1.44. The van der Waals surface area contributed by atoms with Crippen LogP contribution in [0.1, 0.15) is 18.5 Å². The van der Waals surface area contributed by atoms with E-state index >= 15 is 0 Å². The van der Waals surface area contributed by atoms with Gasteiger partial charge >= 0.3 is 5.97 Å². The number of thiazole rings is 1. The van der Waals surface area contributed by atoms with Crippen LogP contribution in [0.25, 0.3) is 10.6 Å². The molecule has 0 bridgehead atoms. The van der Waals surface area contributed by atoms with Gasteiger partial charge in [0.25, 0.3) is 0 Å². The van der Waals surface area contributed by atoms with E-state index in [0.717, 1.165) is 16.3 Å². The number of rotatable bonds is 6. The van der Waals surface area contributed by atoms with E-state index in [9.17, 15) is 9.59 Å². The molecule has 1 N–H and O–H groups in total. The number of carboxylic acid groups (broad SMARTS) is 1. The van der Waals surface area contributed by atoms with E-state index in [1.165, 1.54) is 11.3 Å². The van der Waals surface area contributed by atoms with E-state index in [2.05, 4.69) is 4.98 Å². The molecule has 6 nitrogen and oxygen atoms in total. The molecule has 2 heterocycles. The molecule has 120 valence electrons. The van der Waals surface area contributed by atoms with E-state index < -0.39 is 5.97 Å². The number of fused-ring (bicyclic) bond motifs is 1. The molecule has 23 heavy (non-hydrogen) atoms. The number of carbonyl (C=O) groups excluding carboxylic acids is 1. The molecular weight excluding hydrogens is 318 g/mol. The van der Waals surface area contributed by atoms with Crippen LogP contribution in [0.2, 0.25) is 0 Å². The van der Waals surface area contributed by atoms with Crippen LogP contribution in [0.15, 0.2) is 23.6 Å². The summed E-state index contributed by atoms with van der Waals surface area (Å²) in [5.41, 5.74) is 1.57. The quantitative estimate of drug-likeness (QED) is 0.874. The van der Waals surface area contributed by atoms with Gasteiger partial charge in [0.05, 0.1) is 12.1 Å². The first kappa shape index (κ1) is 15.5. The van der Waals surface area contributed by atoms with Gasteiger partial charge in [0.15, 0.2) is 11.5 Å². The van der Waals surface area contributed by atoms with Crippen LogP contribution in [-0.4, -0.2) is 35.1 Å². The minimum absolute atomic E-state index is 0.0339. The topological polar surface area (TPSA) is 85.7 Å². The van der Waals surface area contributed by atoms with Gasteiger partial charge in [0.2, 0.25) is 0 Å². The molecule has 1 aliphatic heterocycles. The van der Waals surface area contributed by atoms with E-state index in [1.54, 1.807) is 0 Å². The van der Waals surface area contributed by atoms with Gasteiger partial charge in [-0.2, -0.15) is 0 Å². The van der Waals surface area contributed by atoms with Crippen molar-refractivity contribution in [2.24, 2.45) is 0 Å². The number of Topliss-reactive ketones (excluding diaryl/α,β-unsaturated/α-hetero) is 1. The summed E-state index contributed by atoms with van der Waals surface area (Å²) < 4.78 is 11.0. The van der Waals surface area contributed by atoms with Crippen molar-refractivity contribution >= 4 is 23.1 Å². The zero-order valence-corrected chi connectivity index (χ0v) is 13.1. The molecule has 0 unspecified atom stereocenters. The van der Waals surface area contributed by atoms with Crippen molar-refractivity contribution in [3.63, 3.8) is 0 Å². The maximum Gasteiger partial charge on any atom is 0.303 e. The third kappa shape index (κ3) is 3.87. The minimum Gasteiger partial charge on any atom is -0.486 e. The molecule has 0 fully saturated rings. The Labute approximate surface area is 136 Å². The maximum atomic E-state index is 11.7. The Morgan fingerprint density at radius 3 is 2.74 bits per heavy atom. The van der Waals surface area contributed by atoms with Gasteiger partial charge in [0, 0.05) is 23.8 Å². The molecule has 0 amide bonds. The Balaban J connectivity index is 1.69. The first-order valence-corrected chi connectivity index (χ1v) is 8.08. The van der Waals surface area contributed by atoms with Gasteiger partial charge in [-0.3, -0.25) is 9.59 Å². The molecule has 1 aliphatic rings. The summed E-state index contributed by atoms with van der Waals surface area (Å²) in [6, 6.07) is 5.63.